The highest BCUT2D eigenvalue weighted by atomic mass is 35.5. The van der Waals surface area contributed by atoms with E-state index in [-0.39, 0.29) is 30.6 Å². The minimum Gasteiger partial charge on any atom is -0.491 e. The summed E-state index contributed by atoms with van der Waals surface area (Å²) in [6.07, 6.45) is 1.50. The highest BCUT2D eigenvalue weighted by Crippen LogP contribution is 2.34. The average molecular weight is 547 g/mol. The van der Waals surface area contributed by atoms with Gasteiger partial charge in [0.1, 0.15) is 18.9 Å². The van der Waals surface area contributed by atoms with Crippen LogP contribution in [-0.2, 0) is 11.2 Å². The first kappa shape index (κ1) is 26.3. The van der Waals surface area contributed by atoms with E-state index < -0.39 is 0 Å². The summed E-state index contributed by atoms with van der Waals surface area (Å²) >= 11 is 13.8. The second-order valence-corrected chi connectivity index (χ2v) is 10.6. The van der Waals surface area contributed by atoms with Crippen LogP contribution >= 0.6 is 34.5 Å². The Morgan fingerprint density at radius 1 is 1.17 bits per heavy atom. The summed E-state index contributed by atoms with van der Waals surface area (Å²) in [6, 6.07) is 15.5. The number of urea groups is 1. The van der Waals surface area contributed by atoms with E-state index in [2.05, 4.69) is 16.8 Å². The van der Waals surface area contributed by atoms with Crippen LogP contribution in [0.5, 0.6) is 5.75 Å². The fourth-order valence-electron chi connectivity index (χ4n) is 4.23. The third kappa shape index (κ3) is 6.33. The molecule has 6 nitrogen and oxygen atoms in total. The average Bonchev–Trinajstić information content (AvgIpc) is 3.35. The Hall–Kier alpha value is -2.74. The highest BCUT2D eigenvalue weighted by molar-refractivity contribution is 7.10. The number of fused-ring (bicyclic) bond motifs is 1. The first-order valence-corrected chi connectivity index (χ1v) is 13.6. The van der Waals surface area contributed by atoms with Crippen molar-refractivity contribution >= 4 is 52.2 Å². The van der Waals surface area contributed by atoms with Gasteiger partial charge in [0.05, 0.1) is 6.04 Å². The van der Waals surface area contributed by atoms with Crippen LogP contribution in [-0.4, -0.2) is 47.5 Å². The van der Waals surface area contributed by atoms with E-state index in [0.717, 1.165) is 12.0 Å². The number of thiophene rings is 1. The highest BCUT2D eigenvalue weighted by Gasteiger charge is 2.34. The Morgan fingerprint density at radius 3 is 2.67 bits per heavy atom. The molecule has 3 aromatic rings. The molecule has 1 aliphatic heterocycles. The number of anilines is 1. The molecule has 2 atom stereocenters. The van der Waals surface area contributed by atoms with Crippen LogP contribution in [0.15, 0.2) is 60.0 Å². The maximum atomic E-state index is 13.7. The van der Waals surface area contributed by atoms with Crippen molar-refractivity contribution in [1.29, 1.82) is 0 Å². The summed E-state index contributed by atoms with van der Waals surface area (Å²) in [5, 5.41) is 6.10. The summed E-state index contributed by atoms with van der Waals surface area (Å²) in [5.74, 6) is 0.578. The van der Waals surface area contributed by atoms with Gasteiger partial charge in [-0.1, -0.05) is 36.2 Å². The number of amides is 3. The normalized spacial score (nSPS) is 15.7. The number of hydrogen-bond acceptors (Lipinski definition) is 4. The van der Waals surface area contributed by atoms with Gasteiger partial charge in [0.15, 0.2) is 0 Å². The first-order chi connectivity index (χ1) is 17.4. The Labute approximate surface area is 225 Å². The molecule has 0 aliphatic carbocycles. The molecular formula is C27H29Cl2N3O3S. The summed E-state index contributed by atoms with van der Waals surface area (Å²) < 4.78 is 6.07. The van der Waals surface area contributed by atoms with E-state index >= 15 is 0 Å². The van der Waals surface area contributed by atoms with Gasteiger partial charge in [-0.3, -0.25) is 4.79 Å². The molecule has 0 fully saturated rings. The van der Waals surface area contributed by atoms with Crippen LogP contribution in [0.2, 0.25) is 10.0 Å². The number of rotatable bonds is 8. The van der Waals surface area contributed by atoms with Crippen LogP contribution in [0.1, 0.15) is 36.8 Å². The second-order valence-electron chi connectivity index (χ2n) is 8.74. The largest absolute Gasteiger partial charge is 0.491 e. The fraction of sp³-hybridized carbons (Fsp3) is 0.333. The lowest BCUT2D eigenvalue weighted by Gasteiger charge is -2.38. The Bertz CT molecular complexity index is 1200. The molecular weight excluding hydrogens is 517 g/mol. The van der Waals surface area contributed by atoms with Crippen LogP contribution in [0.25, 0.3) is 0 Å². The lowest BCUT2D eigenvalue weighted by atomic mass is 10.00. The Morgan fingerprint density at radius 2 is 1.94 bits per heavy atom. The van der Waals surface area contributed by atoms with E-state index in [4.69, 9.17) is 27.9 Å². The lowest BCUT2D eigenvalue weighted by Crippen LogP contribution is -2.50. The molecule has 190 valence electrons. The van der Waals surface area contributed by atoms with Gasteiger partial charge in [-0.05, 0) is 79.2 Å². The molecule has 1 aliphatic rings. The number of hydrogen-bond donors (Lipinski definition) is 1. The number of benzene rings is 2. The molecule has 1 aromatic heterocycles. The van der Waals surface area contributed by atoms with Crippen LogP contribution in [0.3, 0.4) is 0 Å². The number of carbonyl (C=O) groups excluding carboxylic acids is 2. The van der Waals surface area contributed by atoms with E-state index in [1.807, 2.05) is 30.9 Å². The van der Waals surface area contributed by atoms with Crippen molar-refractivity contribution in [2.45, 2.75) is 38.8 Å². The van der Waals surface area contributed by atoms with Gasteiger partial charge in [-0.25, -0.2) is 4.79 Å². The number of carbonyl (C=O) groups is 2. The quantitative estimate of drug-likeness (QED) is 0.335. The predicted octanol–water partition coefficient (Wildman–Crippen LogP) is 6.89. The lowest BCUT2D eigenvalue weighted by molar-refractivity contribution is -0.135. The van der Waals surface area contributed by atoms with Crippen molar-refractivity contribution < 1.29 is 14.3 Å². The molecule has 2 heterocycles. The summed E-state index contributed by atoms with van der Waals surface area (Å²) in [5.41, 5.74) is 1.69. The first-order valence-electron chi connectivity index (χ1n) is 11.9. The van der Waals surface area contributed by atoms with Gasteiger partial charge in [0.2, 0.25) is 5.91 Å². The maximum Gasteiger partial charge on any atom is 0.322 e. The van der Waals surface area contributed by atoms with Gasteiger partial charge in [-0.15, -0.1) is 11.3 Å². The molecule has 36 heavy (non-hydrogen) atoms. The van der Waals surface area contributed by atoms with Gasteiger partial charge in [0, 0.05) is 33.2 Å². The van der Waals surface area contributed by atoms with Gasteiger partial charge in [-0.2, -0.15) is 0 Å². The standard InChI is InChI=1S/C27H29Cl2N3O3S/c1-3-18(2)32(27(34)30-21-6-4-5-20(29)15-21)16-26(33)31-13-11-25-23(12-14-36-25)24(31)17-35-22-9-7-19(28)8-10-22/h4-10,12,14-15,18,24H,3,11,13,16-17H2,1-2H3,(H,30,34)/t18-,24-/m1/s1. The zero-order chi connectivity index (χ0) is 25.7. The maximum absolute atomic E-state index is 13.7. The zero-order valence-corrected chi connectivity index (χ0v) is 22.6. The van der Waals surface area contributed by atoms with Crippen molar-refractivity contribution in [3.8, 4) is 5.75 Å². The van der Waals surface area contributed by atoms with Crippen LogP contribution in [0, 0.1) is 0 Å². The SMILES string of the molecule is CC[C@@H](C)N(CC(=O)N1CCc2sccc2[C@H]1COc1ccc(Cl)cc1)C(=O)Nc1cccc(Cl)c1. The van der Waals surface area contributed by atoms with Crippen molar-refractivity contribution in [3.63, 3.8) is 0 Å². The van der Waals surface area contributed by atoms with Gasteiger partial charge in [0.25, 0.3) is 0 Å². The second kappa shape index (κ2) is 12.0. The van der Waals surface area contributed by atoms with Crippen molar-refractivity contribution in [3.05, 3.63) is 80.5 Å². The molecule has 0 unspecified atom stereocenters. The summed E-state index contributed by atoms with van der Waals surface area (Å²) in [7, 11) is 0. The molecule has 0 radical (unpaired) electrons. The number of nitrogens with zero attached hydrogens (tertiary/aromatic N) is 2. The zero-order valence-electron chi connectivity index (χ0n) is 20.2. The topological polar surface area (TPSA) is 61.9 Å². The van der Waals surface area contributed by atoms with Gasteiger partial charge < -0.3 is 19.9 Å². The van der Waals surface area contributed by atoms with E-state index in [0.29, 0.717) is 41.1 Å². The monoisotopic (exact) mass is 545 g/mol. The molecule has 3 amide bonds. The molecule has 2 aromatic carbocycles. The fourth-order valence-corrected chi connectivity index (χ4v) is 5.47. The number of nitrogens with one attached hydrogen (secondary N) is 1. The van der Waals surface area contributed by atoms with Crippen molar-refractivity contribution in [1.82, 2.24) is 9.80 Å². The Kier molecular flexibility index (Phi) is 8.77. The molecule has 0 saturated heterocycles. The third-order valence-corrected chi connectivity index (χ3v) is 7.89. The summed E-state index contributed by atoms with van der Waals surface area (Å²) in [6.45, 7) is 4.80. The van der Waals surface area contributed by atoms with Crippen molar-refractivity contribution in [2.75, 3.05) is 25.0 Å². The molecule has 4 rings (SSSR count). The van der Waals surface area contributed by atoms with Crippen LogP contribution < -0.4 is 10.1 Å². The van der Waals surface area contributed by atoms with Gasteiger partial charge >= 0.3 is 6.03 Å². The summed E-state index contributed by atoms with van der Waals surface area (Å²) in [4.78, 5) is 31.5. The van der Waals surface area contributed by atoms with Crippen LogP contribution in [0.4, 0.5) is 10.5 Å². The molecule has 9 heteroatoms. The minimum absolute atomic E-state index is 0.0294. The minimum atomic E-state index is -0.331. The Balaban J connectivity index is 1.50. The number of halogens is 2. The predicted molar refractivity (Wildman–Crippen MR) is 146 cm³/mol. The molecule has 0 bridgehead atoms. The smallest absolute Gasteiger partial charge is 0.322 e. The van der Waals surface area contributed by atoms with E-state index in [9.17, 15) is 9.59 Å². The van der Waals surface area contributed by atoms with Crippen molar-refractivity contribution in [2.24, 2.45) is 0 Å². The molecule has 1 N–H and O–H groups in total. The molecule has 0 saturated carbocycles. The third-order valence-electron chi connectivity index (χ3n) is 6.40. The van der Waals surface area contributed by atoms with E-state index in [1.165, 1.54) is 4.88 Å². The van der Waals surface area contributed by atoms with E-state index in [1.54, 1.807) is 52.6 Å². The molecule has 0 spiro atoms. The number of ether oxygens (including phenoxy) is 1.